The van der Waals surface area contributed by atoms with Crippen molar-refractivity contribution in [1.82, 2.24) is 24.6 Å². The van der Waals surface area contributed by atoms with Crippen LogP contribution in [0.3, 0.4) is 0 Å². The second-order valence-electron chi connectivity index (χ2n) is 9.69. The van der Waals surface area contributed by atoms with Gasteiger partial charge in [0.05, 0.1) is 58.1 Å². The number of fused-ring (bicyclic) bond motifs is 1. The molecule has 4 heterocycles. The van der Waals surface area contributed by atoms with Crippen LogP contribution in [0, 0.1) is 6.92 Å². The summed E-state index contributed by atoms with van der Waals surface area (Å²) < 4.78 is 7.03. The van der Waals surface area contributed by atoms with Gasteiger partial charge in [-0.3, -0.25) is 14.3 Å². The van der Waals surface area contributed by atoms with Crippen LogP contribution in [0.15, 0.2) is 24.4 Å². The quantitative estimate of drug-likeness (QED) is 0.478. The number of aryl methyl sites for hydroxylation is 2. The van der Waals surface area contributed by atoms with E-state index in [1.807, 2.05) is 14.0 Å². The van der Waals surface area contributed by atoms with Gasteiger partial charge in [0.25, 0.3) is 5.91 Å². The Labute approximate surface area is 231 Å². The Hall–Kier alpha value is -3.74. The van der Waals surface area contributed by atoms with Crippen molar-refractivity contribution in [3.63, 3.8) is 0 Å². The molecule has 1 aromatic carbocycles. The third kappa shape index (κ3) is 5.27. The maximum Gasteiger partial charge on any atom is 0.333 e. The average molecular weight is 555 g/mol. The molecule has 4 amide bonds. The van der Waals surface area contributed by atoms with Gasteiger partial charge in [-0.1, -0.05) is 11.6 Å². The molecule has 0 saturated carbocycles. The van der Waals surface area contributed by atoms with E-state index in [0.717, 1.165) is 47.8 Å². The molecule has 12 nitrogen and oxygen atoms in total. The molecule has 0 radical (unpaired) electrons. The van der Waals surface area contributed by atoms with E-state index >= 15 is 0 Å². The first-order valence-corrected chi connectivity index (χ1v) is 13.1. The molecule has 206 valence electrons. The van der Waals surface area contributed by atoms with Gasteiger partial charge in [0.15, 0.2) is 5.65 Å². The molecule has 1 N–H and O–H groups in total. The maximum atomic E-state index is 13.4. The van der Waals surface area contributed by atoms with Crippen LogP contribution in [-0.2, 0) is 16.6 Å². The SMILES string of the molecule is Cc1nn(C)c2ncc(NC(=O)N(C=O)c3ccc(C(=O)N4CCOCC4)c(Cl)c3)c(N3CCN(C)CC3)c12. The first-order chi connectivity index (χ1) is 18.8. The van der Waals surface area contributed by atoms with Gasteiger partial charge in [0.2, 0.25) is 6.41 Å². The zero-order valence-corrected chi connectivity index (χ0v) is 22.9. The van der Waals surface area contributed by atoms with Gasteiger partial charge < -0.3 is 24.8 Å². The Morgan fingerprint density at radius 2 is 1.82 bits per heavy atom. The third-order valence-corrected chi connectivity index (χ3v) is 7.46. The third-order valence-electron chi connectivity index (χ3n) is 7.14. The topological polar surface area (TPSA) is 116 Å². The summed E-state index contributed by atoms with van der Waals surface area (Å²) in [6.45, 7) is 7.06. The van der Waals surface area contributed by atoms with Gasteiger partial charge in [0.1, 0.15) is 0 Å². The van der Waals surface area contributed by atoms with Gasteiger partial charge >= 0.3 is 6.03 Å². The van der Waals surface area contributed by atoms with Crippen LogP contribution in [0.5, 0.6) is 0 Å². The summed E-state index contributed by atoms with van der Waals surface area (Å²) in [7, 11) is 3.91. The molecule has 2 aromatic heterocycles. The average Bonchev–Trinajstić information content (AvgIpc) is 3.22. The molecule has 13 heteroatoms. The van der Waals surface area contributed by atoms with E-state index in [1.165, 1.54) is 18.2 Å². The molecule has 5 rings (SSSR count). The Bertz CT molecular complexity index is 1410. The van der Waals surface area contributed by atoms with Crippen LogP contribution < -0.4 is 15.1 Å². The number of hydrogen-bond acceptors (Lipinski definition) is 8. The number of morpholine rings is 1. The second kappa shape index (κ2) is 11.2. The Morgan fingerprint density at radius 3 is 2.49 bits per heavy atom. The highest BCUT2D eigenvalue weighted by atomic mass is 35.5. The number of amides is 4. The van der Waals surface area contributed by atoms with Crippen LogP contribution in [-0.4, -0.2) is 102 Å². The number of likely N-dealkylation sites (N-methyl/N-ethyl adjacent to an activating group) is 1. The molecular formula is C26H31ClN8O4. The monoisotopic (exact) mass is 554 g/mol. The number of ether oxygens (including phenoxy) is 1. The molecule has 0 bridgehead atoms. The zero-order chi connectivity index (χ0) is 27.7. The predicted octanol–water partition coefficient (Wildman–Crippen LogP) is 2.35. The minimum atomic E-state index is -0.675. The number of pyridine rings is 1. The summed E-state index contributed by atoms with van der Waals surface area (Å²) in [6, 6.07) is 3.83. The van der Waals surface area contributed by atoms with Crippen LogP contribution in [0.25, 0.3) is 11.0 Å². The molecule has 2 saturated heterocycles. The number of nitrogens with one attached hydrogen (secondary N) is 1. The Kier molecular flexibility index (Phi) is 7.69. The molecular weight excluding hydrogens is 524 g/mol. The number of imide groups is 1. The smallest absolute Gasteiger partial charge is 0.333 e. The van der Waals surface area contributed by atoms with Crippen molar-refractivity contribution >= 4 is 58.0 Å². The van der Waals surface area contributed by atoms with Gasteiger partial charge in [-0.05, 0) is 32.2 Å². The summed E-state index contributed by atoms with van der Waals surface area (Å²) in [4.78, 5) is 50.0. The lowest BCUT2D eigenvalue weighted by molar-refractivity contribution is -0.106. The van der Waals surface area contributed by atoms with E-state index in [1.54, 1.807) is 15.8 Å². The molecule has 0 atom stereocenters. The minimum absolute atomic E-state index is 0.149. The number of aromatic nitrogens is 3. The molecule has 0 unspecified atom stereocenters. The van der Waals surface area contributed by atoms with Crippen molar-refractivity contribution < 1.29 is 19.1 Å². The number of carbonyl (C=O) groups excluding carboxylic acids is 3. The molecule has 0 spiro atoms. The van der Waals surface area contributed by atoms with Crippen molar-refractivity contribution in [2.45, 2.75) is 6.92 Å². The number of anilines is 3. The fourth-order valence-corrected chi connectivity index (χ4v) is 5.26. The number of hydrogen-bond donors (Lipinski definition) is 1. The number of nitrogens with zero attached hydrogens (tertiary/aromatic N) is 7. The second-order valence-corrected chi connectivity index (χ2v) is 10.1. The number of urea groups is 1. The van der Waals surface area contributed by atoms with Gasteiger partial charge in [-0.15, -0.1) is 0 Å². The van der Waals surface area contributed by atoms with Crippen molar-refractivity contribution in [2.24, 2.45) is 7.05 Å². The number of piperazine rings is 1. The van der Waals surface area contributed by atoms with Gasteiger partial charge in [0, 0.05) is 46.3 Å². The van der Waals surface area contributed by atoms with E-state index in [2.05, 4.69) is 32.2 Å². The van der Waals surface area contributed by atoms with Crippen molar-refractivity contribution in [2.75, 3.05) is 74.6 Å². The predicted molar refractivity (Wildman–Crippen MR) is 149 cm³/mol. The first kappa shape index (κ1) is 26.9. The van der Waals surface area contributed by atoms with E-state index in [4.69, 9.17) is 16.3 Å². The normalized spacial score (nSPS) is 16.4. The van der Waals surface area contributed by atoms with E-state index in [0.29, 0.717) is 49.6 Å². The Morgan fingerprint density at radius 1 is 1.10 bits per heavy atom. The fraction of sp³-hybridized carbons (Fsp3) is 0.423. The van der Waals surface area contributed by atoms with Crippen LogP contribution in [0.1, 0.15) is 16.1 Å². The number of halogens is 1. The highest BCUT2D eigenvalue weighted by Gasteiger charge is 2.27. The summed E-state index contributed by atoms with van der Waals surface area (Å²) in [5, 5.41) is 8.41. The van der Waals surface area contributed by atoms with Gasteiger partial charge in [-0.25, -0.2) is 14.7 Å². The largest absolute Gasteiger partial charge is 0.378 e. The minimum Gasteiger partial charge on any atom is -0.378 e. The molecule has 39 heavy (non-hydrogen) atoms. The molecule has 2 aliphatic rings. The summed E-state index contributed by atoms with van der Waals surface area (Å²) in [6.07, 6.45) is 2.01. The lowest BCUT2D eigenvalue weighted by atomic mass is 10.1. The molecule has 2 fully saturated rings. The van der Waals surface area contributed by atoms with E-state index < -0.39 is 6.03 Å². The molecule has 3 aromatic rings. The fourth-order valence-electron chi connectivity index (χ4n) is 5.01. The lowest BCUT2D eigenvalue weighted by Crippen LogP contribution is -2.45. The Balaban J connectivity index is 1.43. The summed E-state index contributed by atoms with van der Waals surface area (Å²) in [5.41, 5.74) is 3.34. The molecule has 0 aliphatic carbocycles. The van der Waals surface area contributed by atoms with Crippen LogP contribution in [0.4, 0.5) is 21.9 Å². The zero-order valence-electron chi connectivity index (χ0n) is 22.2. The summed E-state index contributed by atoms with van der Waals surface area (Å²) in [5.74, 6) is -0.222. The lowest BCUT2D eigenvalue weighted by Gasteiger charge is -2.35. The number of carbonyl (C=O) groups is 3. The first-order valence-electron chi connectivity index (χ1n) is 12.8. The van der Waals surface area contributed by atoms with Crippen LogP contribution >= 0.6 is 11.6 Å². The van der Waals surface area contributed by atoms with E-state index in [9.17, 15) is 14.4 Å². The maximum absolute atomic E-state index is 13.4. The van der Waals surface area contributed by atoms with Crippen molar-refractivity contribution in [3.8, 4) is 0 Å². The highest BCUT2D eigenvalue weighted by molar-refractivity contribution is 6.34. The van der Waals surface area contributed by atoms with E-state index in [-0.39, 0.29) is 16.6 Å². The van der Waals surface area contributed by atoms with Crippen molar-refractivity contribution in [1.29, 1.82) is 0 Å². The molecule has 2 aliphatic heterocycles. The number of benzene rings is 1. The van der Waals surface area contributed by atoms with Crippen molar-refractivity contribution in [3.05, 3.63) is 40.7 Å². The number of rotatable bonds is 5. The van der Waals surface area contributed by atoms with Crippen LogP contribution in [0.2, 0.25) is 5.02 Å². The summed E-state index contributed by atoms with van der Waals surface area (Å²) >= 11 is 6.45. The van der Waals surface area contributed by atoms with Gasteiger partial charge in [-0.2, -0.15) is 5.10 Å². The standard InChI is InChI=1S/C26H31ClN8O4/c1-17-22-23(33-8-6-31(2)7-9-33)21(15-28-24(22)32(3)30-17)29-26(38)35(16-36)18-4-5-19(20(27)14-18)25(37)34-10-12-39-13-11-34/h4-5,14-16H,6-13H2,1-3H3,(H,29,38). The highest BCUT2D eigenvalue weighted by Crippen LogP contribution is 2.36.